The average molecular weight is 1070 g/mol. The van der Waals surface area contributed by atoms with Crippen molar-refractivity contribution in [3.05, 3.63) is 71.8 Å². The molecule has 1 unspecified atom stereocenters. The number of aryl methyl sites for hydroxylation is 1. The van der Waals surface area contributed by atoms with Gasteiger partial charge in [-0.15, -0.1) is 0 Å². The lowest BCUT2D eigenvalue weighted by molar-refractivity contribution is -0.142. The zero-order chi connectivity index (χ0) is 56.3. The van der Waals surface area contributed by atoms with Crippen LogP contribution >= 0.6 is 0 Å². The molecular formula is C56H88N12O9. The molecule has 1 saturated heterocycles. The van der Waals surface area contributed by atoms with Crippen molar-refractivity contribution in [2.24, 2.45) is 34.0 Å². The van der Waals surface area contributed by atoms with E-state index < -0.39 is 83.8 Å². The number of hydrogen-bond acceptors (Lipinski definition) is 11. The van der Waals surface area contributed by atoms with Crippen LogP contribution in [0.4, 0.5) is 0 Å². The van der Waals surface area contributed by atoms with Crippen LogP contribution in [0.1, 0.15) is 135 Å². The number of nitrogens with zero attached hydrogens (tertiary/aromatic N) is 2. The maximum atomic E-state index is 14.4. The molecule has 426 valence electrons. The van der Waals surface area contributed by atoms with Gasteiger partial charge in [0, 0.05) is 13.1 Å². The lowest BCUT2D eigenvalue weighted by Crippen LogP contribution is -2.59. The fraction of sp³-hybridized carbons (Fsp3) is 0.625. The molecule has 1 heterocycles. The molecule has 2 aromatic carbocycles. The molecular weight excluding hydrogens is 985 g/mol. The normalized spacial score (nSPS) is 17.3. The van der Waals surface area contributed by atoms with Crippen LogP contribution in [0.2, 0.25) is 0 Å². The summed E-state index contributed by atoms with van der Waals surface area (Å²) in [5.74, 6) is -5.30. The van der Waals surface area contributed by atoms with Crippen molar-refractivity contribution in [3.8, 4) is 0 Å². The third-order valence-corrected chi connectivity index (χ3v) is 14.4. The number of rotatable bonds is 33. The highest BCUT2D eigenvalue weighted by Gasteiger charge is 2.40. The van der Waals surface area contributed by atoms with Gasteiger partial charge in [0.15, 0.2) is 5.96 Å². The van der Waals surface area contributed by atoms with Crippen LogP contribution in [-0.2, 0) is 51.2 Å². The Morgan fingerprint density at radius 1 is 0.623 bits per heavy atom. The van der Waals surface area contributed by atoms with Crippen LogP contribution in [0.15, 0.2) is 65.7 Å². The van der Waals surface area contributed by atoms with Gasteiger partial charge in [-0.2, -0.15) is 0 Å². The number of aliphatic imine (C=N–C) groups is 1. The van der Waals surface area contributed by atoms with Gasteiger partial charge in [-0.05, 0) is 127 Å². The first-order valence-corrected chi connectivity index (χ1v) is 27.8. The summed E-state index contributed by atoms with van der Waals surface area (Å²) in [4.78, 5) is 116. The van der Waals surface area contributed by atoms with Crippen LogP contribution in [0, 0.1) is 11.8 Å². The maximum absolute atomic E-state index is 14.4. The van der Waals surface area contributed by atoms with E-state index in [4.69, 9.17) is 17.2 Å². The van der Waals surface area contributed by atoms with Gasteiger partial charge >= 0.3 is 5.97 Å². The summed E-state index contributed by atoms with van der Waals surface area (Å²) in [6.45, 7) is 6.05. The topological polar surface area (TPSA) is 335 Å². The Kier molecular flexibility index (Phi) is 27.4. The first-order chi connectivity index (χ1) is 36.9. The minimum atomic E-state index is -1.29. The Labute approximate surface area is 454 Å². The number of likely N-dealkylation sites (N-methyl/N-ethyl adjacent to an activating group) is 1. The Balaban J connectivity index is 1.48. The first kappa shape index (κ1) is 62.9. The molecule has 2 aliphatic rings. The summed E-state index contributed by atoms with van der Waals surface area (Å²) >= 11 is 0. The molecule has 77 heavy (non-hydrogen) atoms. The molecule has 7 amide bonds. The lowest BCUT2D eigenvalue weighted by atomic mass is 9.84. The second kappa shape index (κ2) is 33.5. The molecule has 1 aliphatic carbocycles. The number of aliphatic carboxylic acids is 1. The Hall–Kier alpha value is -6.61. The number of carboxylic acid groups (broad SMARTS) is 1. The van der Waals surface area contributed by atoms with Crippen molar-refractivity contribution in [1.29, 1.82) is 0 Å². The van der Waals surface area contributed by atoms with E-state index >= 15 is 0 Å². The molecule has 4 rings (SSSR count). The number of guanidine groups is 1. The van der Waals surface area contributed by atoms with E-state index in [1.54, 1.807) is 7.05 Å². The molecule has 2 aromatic rings. The minimum absolute atomic E-state index is 0.0212. The van der Waals surface area contributed by atoms with E-state index in [-0.39, 0.29) is 68.4 Å². The minimum Gasteiger partial charge on any atom is -0.480 e. The van der Waals surface area contributed by atoms with Gasteiger partial charge in [-0.1, -0.05) is 107 Å². The number of carboxylic acids is 1. The Morgan fingerprint density at radius 3 is 1.82 bits per heavy atom. The summed E-state index contributed by atoms with van der Waals surface area (Å²) in [6.07, 6.45) is 9.50. The highest BCUT2D eigenvalue weighted by atomic mass is 16.4. The molecule has 0 aromatic heterocycles. The molecule has 21 heteroatoms. The largest absolute Gasteiger partial charge is 0.480 e. The number of likely N-dealkylation sites (tertiary alicyclic amines) is 1. The number of benzene rings is 2. The van der Waals surface area contributed by atoms with Gasteiger partial charge in [0.05, 0.1) is 6.04 Å². The number of nitrogens with one attached hydrogen (secondary N) is 7. The van der Waals surface area contributed by atoms with Gasteiger partial charge in [0.1, 0.15) is 42.3 Å². The molecule has 0 spiro atoms. The van der Waals surface area contributed by atoms with Crippen LogP contribution in [-0.4, -0.2) is 138 Å². The van der Waals surface area contributed by atoms with Crippen LogP contribution in [0.25, 0.3) is 0 Å². The third-order valence-electron chi connectivity index (χ3n) is 14.4. The Morgan fingerprint density at radius 2 is 1.19 bits per heavy atom. The monoisotopic (exact) mass is 1070 g/mol. The van der Waals surface area contributed by atoms with Gasteiger partial charge in [0.25, 0.3) is 0 Å². The number of amides is 7. The molecule has 0 bridgehead atoms. The van der Waals surface area contributed by atoms with E-state index in [1.807, 2.05) is 74.5 Å². The molecule has 8 atom stereocenters. The molecule has 14 N–H and O–H groups in total. The highest BCUT2D eigenvalue weighted by Crippen LogP contribution is 2.28. The Bertz CT molecular complexity index is 2230. The van der Waals surface area contributed by atoms with Crippen LogP contribution in [0.3, 0.4) is 0 Å². The molecule has 2 fully saturated rings. The highest BCUT2D eigenvalue weighted by molar-refractivity contribution is 5.97. The molecule has 1 aliphatic heterocycles. The predicted molar refractivity (Wildman–Crippen MR) is 295 cm³/mol. The van der Waals surface area contributed by atoms with E-state index in [0.29, 0.717) is 64.3 Å². The predicted octanol–water partition coefficient (Wildman–Crippen LogP) is 2.04. The average Bonchev–Trinajstić information content (AvgIpc) is 3.91. The summed E-state index contributed by atoms with van der Waals surface area (Å²) in [5, 5.41) is 29.9. The van der Waals surface area contributed by atoms with Gasteiger partial charge in [-0.25, -0.2) is 4.79 Å². The van der Waals surface area contributed by atoms with E-state index in [1.165, 1.54) is 11.8 Å². The van der Waals surface area contributed by atoms with Crippen molar-refractivity contribution < 1.29 is 43.5 Å². The maximum Gasteiger partial charge on any atom is 0.326 e. The zero-order valence-electron chi connectivity index (χ0n) is 45.7. The smallest absolute Gasteiger partial charge is 0.326 e. The quantitative estimate of drug-likeness (QED) is 0.0277. The SMILES string of the molecule is CN[C@@H](Cc1ccccc1)C(=O)N[C@@H](CCCCN)C(=O)N1CCC[C@H]1C(=O)N[C@@H](CC1CCCCC1)C(=O)N[C@@H](C)C(=O)N[C@@H](CC(C)C)C(=O)NC(CCCc1ccccc1)C(=O)N[C@@H](CCCN=C(N)N)C(=O)O. The molecule has 0 radical (unpaired) electrons. The summed E-state index contributed by atoms with van der Waals surface area (Å²) < 4.78 is 0. The first-order valence-electron chi connectivity index (χ1n) is 27.8. The third kappa shape index (κ3) is 22.1. The van der Waals surface area contributed by atoms with Crippen LogP contribution in [0.5, 0.6) is 0 Å². The fourth-order valence-corrected chi connectivity index (χ4v) is 10.1. The van der Waals surface area contributed by atoms with Crippen molar-refractivity contribution in [2.45, 2.75) is 185 Å². The summed E-state index contributed by atoms with van der Waals surface area (Å²) in [6, 6.07) is 10.8. The van der Waals surface area contributed by atoms with Crippen molar-refractivity contribution >= 4 is 53.3 Å². The van der Waals surface area contributed by atoms with E-state index in [9.17, 15) is 43.5 Å². The van der Waals surface area contributed by atoms with E-state index in [2.05, 4.69) is 42.2 Å². The summed E-state index contributed by atoms with van der Waals surface area (Å²) in [5.41, 5.74) is 18.6. The standard InChI is InChI=1S/C56H88N12O9/c1-36(2)33-45(52(73)63-41(27-16-25-38-19-8-5-9-20-38)49(70)65-43(55(76)77)28-17-31-61-56(58)59)66-48(69)37(3)62-51(72)46(35-40-23-12-7-13-24-40)67-53(74)47-29-18-32-68(47)54(75)42(26-14-15-30-57)64-50(71)44(60-4)34-39-21-10-6-11-22-39/h5-6,8-11,19-22,36-37,40-47,60H,7,12-18,23-35,57H2,1-4H3,(H,62,72)(H,63,73)(H,64,71)(H,65,70)(H,66,69)(H,67,74)(H,76,77)(H4,58,59,61)/t37-,41?,42-,43-,44-,45-,46-,47-/m0/s1. The van der Waals surface area contributed by atoms with Crippen molar-refractivity contribution in [1.82, 2.24) is 42.1 Å². The zero-order valence-corrected chi connectivity index (χ0v) is 45.7. The van der Waals surface area contributed by atoms with Gasteiger partial charge in [0.2, 0.25) is 41.4 Å². The lowest BCUT2D eigenvalue weighted by Gasteiger charge is -2.32. The second-order valence-corrected chi connectivity index (χ2v) is 21.1. The molecule has 21 nitrogen and oxygen atoms in total. The van der Waals surface area contributed by atoms with Crippen LogP contribution < -0.4 is 54.4 Å². The number of carbonyl (C=O) groups is 8. The van der Waals surface area contributed by atoms with Crippen molar-refractivity contribution in [2.75, 3.05) is 26.7 Å². The molecule has 1 saturated carbocycles. The van der Waals surface area contributed by atoms with Crippen molar-refractivity contribution in [3.63, 3.8) is 0 Å². The van der Waals surface area contributed by atoms with Gasteiger partial charge < -0.3 is 64.4 Å². The number of carbonyl (C=O) groups excluding carboxylic acids is 7. The van der Waals surface area contributed by atoms with E-state index in [0.717, 1.165) is 43.2 Å². The van der Waals surface area contributed by atoms with Gasteiger partial charge in [-0.3, -0.25) is 38.6 Å². The summed E-state index contributed by atoms with van der Waals surface area (Å²) in [7, 11) is 1.69. The fourth-order valence-electron chi connectivity index (χ4n) is 10.1. The number of hydrogen-bond donors (Lipinski definition) is 11. The number of unbranched alkanes of at least 4 members (excludes halogenated alkanes) is 1. The second-order valence-electron chi connectivity index (χ2n) is 21.1. The number of nitrogens with two attached hydrogens (primary N) is 3.